The van der Waals surface area contributed by atoms with Crippen molar-refractivity contribution in [2.24, 2.45) is 0 Å². The minimum Gasteiger partial charge on any atom is -0.311 e. The molecule has 1 fully saturated rings. The summed E-state index contributed by atoms with van der Waals surface area (Å²) in [4.78, 5) is 8.09. The maximum Gasteiger partial charge on any atom is 0.0794 e. The predicted molar refractivity (Wildman–Crippen MR) is 64.2 cm³/mol. The Morgan fingerprint density at radius 2 is 2.40 bits per heavy atom. The van der Waals surface area contributed by atoms with Gasteiger partial charge in [0.25, 0.3) is 0 Å². The normalized spacial score (nSPS) is 30.3. The molecular weight excluding hydrogens is 206 g/mol. The van der Waals surface area contributed by atoms with Gasteiger partial charge in [-0.15, -0.1) is 11.3 Å². The molecule has 3 nitrogen and oxygen atoms in total. The number of nitrogens with one attached hydrogen (secondary N) is 1. The zero-order valence-corrected chi connectivity index (χ0v) is 10.4. The summed E-state index contributed by atoms with van der Waals surface area (Å²) in [5.41, 5.74) is 1.92. The Morgan fingerprint density at radius 3 is 3.07 bits per heavy atom. The fourth-order valence-electron chi connectivity index (χ4n) is 2.18. The summed E-state index contributed by atoms with van der Waals surface area (Å²) in [5.74, 6) is 0. The molecule has 3 unspecified atom stereocenters. The summed E-state index contributed by atoms with van der Waals surface area (Å²) in [6.45, 7) is 9.03. The molecule has 0 radical (unpaired) electrons. The lowest BCUT2D eigenvalue weighted by Crippen LogP contribution is -2.54. The minimum atomic E-state index is 0.497. The van der Waals surface area contributed by atoms with Crippen LogP contribution in [0.1, 0.15) is 31.7 Å². The van der Waals surface area contributed by atoms with Gasteiger partial charge in [-0.1, -0.05) is 0 Å². The van der Waals surface area contributed by atoms with E-state index in [0.717, 1.165) is 13.1 Å². The van der Waals surface area contributed by atoms with Crippen LogP contribution in [-0.2, 0) is 0 Å². The molecule has 1 N–H and O–H groups in total. The van der Waals surface area contributed by atoms with Gasteiger partial charge in [-0.2, -0.15) is 0 Å². The first-order valence-electron chi connectivity index (χ1n) is 5.56. The second kappa shape index (κ2) is 4.60. The van der Waals surface area contributed by atoms with E-state index in [4.69, 9.17) is 0 Å². The molecule has 1 saturated heterocycles. The second-order valence-electron chi connectivity index (χ2n) is 4.43. The van der Waals surface area contributed by atoms with E-state index in [9.17, 15) is 0 Å². The zero-order valence-electron chi connectivity index (χ0n) is 9.60. The van der Waals surface area contributed by atoms with E-state index in [1.807, 2.05) is 11.7 Å². The fraction of sp³-hybridized carbons (Fsp3) is 0.727. The van der Waals surface area contributed by atoms with Crippen molar-refractivity contribution in [3.63, 3.8) is 0 Å². The van der Waals surface area contributed by atoms with E-state index >= 15 is 0 Å². The molecule has 0 aliphatic carbocycles. The molecule has 1 aromatic heterocycles. The Bertz CT molecular complexity index is 299. The van der Waals surface area contributed by atoms with E-state index in [2.05, 4.69) is 36.0 Å². The fourth-order valence-corrected chi connectivity index (χ4v) is 2.88. The molecule has 15 heavy (non-hydrogen) atoms. The number of rotatable bonds is 2. The van der Waals surface area contributed by atoms with Crippen molar-refractivity contribution in [2.75, 3.05) is 13.1 Å². The van der Waals surface area contributed by atoms with Crippen LogP contribution in [0.2, 0.25) is 0 Å². The molecule has 1 aliphatic heterocycles. The average molecular weight is 225 g/mol. The maximum atomic E-state index is 4.16. The van der Waals surface area contributed by atoms with Gasteiger partial charge >= 0.3 is 0 Å². The van der Waals surface area contributed by atoms with Crippen LogP contribution >= 0.6 is 11.3 Å². The zero-order chi connectivity index (χ0) is 10.8. The van der Waals surface area contributed by atoms with Crippen LogP contribution in [-0.4, -0.2) is 35.1 Å². The van der Waals surface area contributed by atoms with Gasteiger partial charge in [0, 0.05) is 42.3 Å². The lowest BCUT2D eigenvalue weighted by Gasteiger charge is -2.40. The number of hydrogen-bond acceptors (Lipinski definition) is 4. The van der Waals surface area contributed by atoms with Crippen LogP contribution in [0.4, 0.5) is 0 Å². The summed E-state index contributed by atoms with van der Waals surface area (Å²) < 4.78 is 0. The SMILES string of the molecule is CC1CN(C(C)c2cncs2)C(C)CN1. The Morgan fingerprint density at radius 1 is 1.60 bits per heavy atom. The third-order valence-corrected chi connectivity index (χ3v) is 4.12. The van der Waals surface area contributed by atoms with Crippen molar-refractivity contribution in [2.45, 2.75) is 38.9 Å². The minimum absolute atomic E-state index is 0.497. The Kier molecular flexibility index (Phi) is 3.38. The van der Waals surface area contributed by atoms with E-state index < -0.39 is 0 Å². The van der Waals surface area contributed by atoms with Crippen molar-refractivity contribution >= 4 is 11.3 Å². The van der Waals surface area contributed by atoms with Gasteiger partial charge in [0.15, 0.2) is 0 Å². The molecule has 0 spiro atoms. The molecule has 2 rings (SSSR count). The van der Waals surface area contributed by atoms with Crippen LogP contribution in [0.3, 0.4) is 0 Å². The smallest absolute Gasteiger partial charge is 0.0794 e. The first-order valence-corrected chi connectivity index (χ1v) is 6.44. The Hall–Kier alpha value is -0.450. The molecule has 4 heteroatoms. The lowest BCUT2D eigenvalue weighted by atomic mass is 10.1. The largest absolute Gasteiger partial charge is 0.311 e. The van der Waals surface area contributed by atoms with Gasteiger partial charge in [0.05, 0.1) is 5.51 Å². The van der Waals surface area contributed by atoms with Gasteiger partial charge in [-0.05, 0) is 20.8 Å². The number of hydrogen-bond donors (Lipinski definition) is 1. The standard InChI is InChI=1S/C11H19N3S/c1-8-6-14(9(2)4-13-8)10(3)11-5-12-7-15-11/h5,7-10,13H,4,6H2,1-3H3. The molecule has 2 heterocycles. The summed E-state index contributed by atoms with van der Waals surface area (Å²) in [6, 6.07) is 1.70. The molecule has 0 aromatic carbocycles. The van der Waals surface area contributed by atoms with Crippen LogP contribution in [0.5, 0.6) is 0 Å². The van der Waals surface area contributed by atoms with E-state index in [1.165, 1.54) is 4.88 Å². The molecule has 0 saturated carbocycles. The summed E-state index contributed by atoms with van der Waals surface area (Å²) in [5, 5.41) is 3.51. The van der Waals surface area contributed by atoms with Crippen molar-refractivity contribution in [3.05, 3.63) is 16.6 Å². The monoisotopic (exact) mass is 225 g/mol. The van der Waals surface area contributed by atoms with Crippen molar-refractivity contribution in [1.82, 2.24) is 15.2 Å². The van der Waals surface area contributed by atoms with Crippen LogP contribution in [0.25, 0.3) is 0 Å². The summed E-state index contributed by atoms with van der Waals surface area (Å²) in [7, 11) is 0. The van der Waals surface area contributed by atoms with Gasteiger partial charge in [0.2, 0.25) is 0 Å². The highest BCUT2D eigenvalue weighted by Gasteiger charge is 2.27. The third-order valence-electron chi connectivity index (χ3n) is 3.17. The number of thiazole rings is 1. The molecule has 1 aromatic rings. The Labute approximate surface area is 95.5 Å². The second-order valence-corrected chi connectivity index (χ2v) is 5.35. The first-order chi connectivity index (χ1) is 7.18. The number of nitrogens with zero attached hydrogens (tertiary/aromatic N) is 2. The summed E-state index contributed by atoms with van der Waals surface area (Å²) >= 11 is 1.75. The number of aromatic nitrogens is 1. The highest BCUT2D eigenvalue weighted by Crippen LogP contribution is 2.26. The first kappa shape index (κ1) is 11.0. The molecule has 0 bridgehead atoms. The predicted octanol–water partition coefficient (Wildman–Crippen LogP) is 1.89. The lowest BCUT2D eigenvalue weighted by molar-refractivity contribution is 0.105. The van der Waals surface area contributed by atoms with Gasteiger partial charge in [-0.3, -0.25) is 9.88 Å². The Balaban J connectivity index is 2.08. The molecule has 0 amide bonds. The highest BCUT2D eigenvalue weighted by atomic mass is 32.1. The quantitative estimate of drug-likeness (QED) is 0.833. The van der Waals surface area contributed by atoms with Crippen LogP contribution in [0.15, 0.2) is 11.7 Å². The number of piperazine rings is 1. The average Bonchev–Trinajstić information content (AvgIpc) is 2.74. The van der Waals surface area contributed by atoms with E-state index in [-0.39, 0.29) is 0 Å². The van der Waals surface area contributed by atoms with Crippen molar-refractivity contribution in [3.8, 4) is 0 Å². The van der Waals surface area contributed by atoms with Gasteiger partial charge in [0.1, 0.15) is 0 Å². The van der Waals surface area contributed by atoms with Gasteiger partial charge in [-0.25, -0.2) is 0 Å². The molecule has 1 aliphatic rings. The summed E-state index contributed by atoms with van der Waals surface area (Å²) in [6.07, 6.45) is 1.99. The van der Waals surface area contributed by atoms with Crippen molar-refractivity contribution < 1.29 is 0 Å². The van der Waals surface area contributed by atoms with Crippen molar-refractivity contribution in [1.29, 1.82) is 0 Å². The van der Waals surface area contributed by atoms with E-state index in [0.29, 0.717) is 18.1 Å². The van der Waals surface area contributed by atoms with Crippen LogP contribution < -0.4 is 5.32 Å². The molecular formula is C11H19N3S. The molecule has 3 atom stereocenters. The van der Waals surface area contributed by atoms with E-state index in [1.54, 1.807) is 11.3 Å². The topological polar surface area (TPSA) is 28.2 Å². The maximum absolute atomic E-state index is 4.16. The molecule has 84 valence electrons. The van der Waals surface area contributed by atoms with Gasteiger partial charge < -0.3 is 5.32 Å². The van der Waals surface area contributed by atoms with Crippen LogP contribution in [0, 0.1) is 0 Å². The highest BCUT2D eigenvalue weighted by molar-refractivity contribution is 7.09. The third kappa shape index (κ3) is 2.38.